The Morgan fingerprint density at radius 2 is 2.00 bits per heavy atom. The van der Waals surface area contributed by atoms with Crippen molar-refractivity contribution in [3.8, 4) is 17.5 Å². The van der Waals surface area contributed by atoms with Gasteiger partial charge in [-0.25, -0.2) is 9.97 Å². The normalized spacial score (nSPS) is 10.5. The zero-order chi connectivity index (χ0) is 18.7. The average molecular weight is 346 g/mol. The lowest BCUT2D eigenvalue weighted by atomic mass is 9.98. The van der Waals surface area contributed by atoms with Crippen LogP contribution in [-0.4, -0.2) is 25.5 Å². The Kier molecular flexibility index (Phi) is 4.87. The maximum Gasteiger partial charge on any atom is 0.211 e. The van der Waals surface area contributed by atoms with Gasteiger partial charge in [0.25, 0.3) is 0 Å². The van der Waals surface area contributed by atoms with Gasteiger partial charge in [-0.3, -0.25) is 9.48 Å². The molecule has 3 rings (SSSR count). The molecule has 2 heterocycles. The number of aryl methyl sites for hydroxylation is 2. The van der Waals surface area contributed by atoms with Gasteiger partial charge in [0.05, 0.1) is 17.3 Å². The first-order valence-electron chi connectivity index (χ1n) is 8.20. The van der Waals surface area contributed by atoms with E-state index < -0.39 is 0 Å². The highest BCUT2D eigenvalue weighted by molar-refractivity contribution is 6.11. The van der Waals surface area contributed by atoms with Crippen molar-refractivity contribution in [2.75, 3.05) is 0 Å². The Morgan fingerprint density at radius 1 is 1.27 bits per heavy atom. The Hall–Kier alpha value is -3.37. The molecule has 0 aliphatic carbocycles. The number of nitrogens with two attached hydrogens (primary N) is 1. The molecule has 0 amide bonds. The van der Waals surface area contributed by atoms with Gasteiger partial charge < -0.3 is 5.73 Å². The molecule has 0 aliphatic rings. The van der Waals surface area contributed by atoms with Gasteiger partial charge in [0.1, 0.15) is 5.69 Å². The predicted molar refractivity (Wildman–Crippen MR) is 96.1 cm³/mol. The molecule has 2 aromatic heterocycles. The summed E-state index contributed by atoms with van der Waals surface area (Å²) in [4.78, 5) is 21.8. The molecule has 0 fully saturated rings. The Labute approximate surface area is 151 Å². The monoisotopic (exact) mass is 346 g/mol. The fourth-order valence-corrected chi connectivity index (χ4v) is 2.65. The number of hydrogen-bond acceptors (Lipinski definition) is 6. The second-order valence-electron chi connectivity index (χ2n) is 5.82. The third-order valence-electron chi connectivity index (χ3n) is 4.10. The van der Waals surface area contributed by atoms with Crippen molar-refractivity contribution in [2.45, 2.75) is 19.9 Å². The Bertz CT molecular complexity index is 998. The molecule has 0 aliphatic heterocycles. The van der Waals surface area contributed by atoms with Crippen molar-refractivity contribution in [3.05, 3.63) is 64.7 Å². The summed E-state index contributed by atoms with van der Waals surface area (Å²) in [5.74, 6) is 0.186. The molecule has 0 radical (unpaired) electrons. The summed E-state index contributed by atoms with van der Waals surface area (Å²) in [5, 5.41) is 13.5. The molecule has 3 aromatic rings. The molecule has 1 aromatic carbocycles. The number of aromatic nitrogens is 4. The van der Waals surface area contributed by atoms with Crippen LogP contribution in [0.5, 0.6) is 0 Å². The zero-order valence-corrected chi connectivity index (χ0v) is 14.6. The number of benzene rings is 1. The van der Waals surface area contributed by atoms with Crippen LogP contribution in [0.15, 0.2) is 36.7 Å². The average Bonchev–Trinajstić information content (AvgIpc) is 3.07. The fraction of sp³-hybridized carbons (Fsp3) is 0.211. The number of nitrogens with zero attached hydrogens (tertiary/aromatic N) is 5. The van der Waals surface area contributed by atoms with Crippen LogP contribution in [0, 0.1) is 11.3 Å². The first kappa shape index (κ1) is 17.5. The van der Waals surface area contributed by atoms with E-state index in [0.29, 0.717) is 34.8 Å². The number of carbonyl (C=O) groups excluding carboxylic acids is 1. The fourth-order valence-electron chi connectivity index (χ4n) is 2.65. The van der Waals surface area contributed by atoms with Crippen LogP contribution in [0.25, 0.3) is 11.4 Å². The lowest BCUT2D eigenvalue weighted by Crippen LogP contribution is -2.10. The minimum Gasteiger partial charge on any atom is -0.326 e. The van der Waals surface area contributed by atoms with Gasteiger partial charge in [0.2, 0.25) is 5.78 Å². The molecule has 2 N–H and O–H groups in total. The first-order chi connectivity index (χ1) is 12.6. The van der Waals surface area contributed by atoms with Crippen molar-refractivity contribution in [3.63, 3.8) is 0 Å². The molecule has 0 saturated carbocycles. The highest BCUT2D eigenvalue weighted by Crippen LogP contribution is 2.24. The van der Waals surface area contributed by atoms with E-state index in [1.54, 1.807) is 48.4 Å². The lowest BCUT2D eigenvalue weighted by molar-refractivity contribution is 0.103. The van der Waals surface area contributed by atoms with Gasteiger partial charge in [-0.1, -0.05) is 6.92 Å². The quantitative estimate of drug-likeness (QED) is 0.707. The van der Waals surface area contributed by atoms with Crippen LogP contribution in [0.1, 0.15) is 39.8 Å². The maximum absolute atomic E-state index is 13.1. The van der Waals surface area contributed by atoms with E-state index in [1.165, 1.54) is 0 Å². The minimum absolute atomic E-state index is 0.224. The van der Waals surface area contributed by atoms with E-state index in [1.807, 2.05) is 6.92 Å². The highest BCUT2D eigenvalue weighted by Gasteiger charge is 2.20. The second-order valence-corrected chi connectivity index (χ2v) is 5.82. The van der Waals surface area contributed by atoms with Crippen molar-refractivity contribution in [2.24, 2.45) is 12.8 Å². The number of rotatable bonds is 5. The third-order valence-corrected chi connectivity index (χ3v) is 4.10. The number of hydrogen-bond donors (Lipinski definition) is 1. The van der Waals surface area contributed by atoms with Gasteiger partial charge >= 0.3 is 0 Å². The summed E-state index contributed by atoms with van der Waals surface area (Å²) in [5.41, 5.74) is 9.00. The van der Waals surface area contributed by atoms with Gasteiger partial charge in [-0.2, -0.15) is 10.4 Å². The molecule has 7 nitrogen and oxygen atoms in total. The van der Waals surface area contributed by atoms with Crippen LogP contribution < -0.4 is 5.73 Å². The molecular weight excluding hydrogens is 328 g/mol. The molecule has 130 valence electrons. The number of nitriles is 1. The lowest BCUT2D eigenvalue weighted by Gasteiger charge is -2.09. The van der Waals surface area contributed by atoms with Crippen LogP contribution in [0.3, 0.4) is 0 Å². The van der Waals surface area contributed by atoms with Gasteiger partial charge in [-0.15, -0.1) is 0 Å². The maximum atomic E-state index is 13.1. The SMILES string of the molecule is CCc1cc(C(=O)c2cc(C#N)ccc2-c2ncc(CN)cn2)n(C)n1. The van der Waals surface area contributed by atoms with E-state index >= 15 is 0 Å². The summed E-state index contributed by atoms with van der Waals surface area (Å²) < 4.78 is 1.56. The zero-order valence-electron chi connectivity index (χ0n) is 14.6. The van der Waals surface area contributed by atoms with Gasteiger partial charge in [-0.05, 0) is 30.7 Å². The molecule has 0 atom stereocenters. The first-order valence-corrected chi connectivity index (χ1v) is 8.20. The highest BCUT2D eigenvalue weighted by atomic mass is 16.1. The van der Waals surface area contributed by atoms with Crippen LogP contribution in [0.2, 0.25) is 0 Å². The van der Waals surface area contributed by atoms with E-state index in [9.17, 15) is 10.1 Å². The second kappa shape index (κ2) is 7.25. The molecule has 0 unspecified atom stereocenters. The van der Waals surface area contributed by atoms with Crippen LogP contribution in [-0.2, 0) is 20.0 Å². The third kappa shape index (κ3) is 3.23. The van der Waals surface area contributed by atoms with E-state index in [2.05, 4.69) is 21.1 Å². The van der Waals surface area contributed by atoms with E-state index in [0.717, 1.165) is 17.7 Å². The molecule has 26 heavy (non-hydrogen) atoms. The van der Waals surface area contributed by atoms with Crippen molar-refractivity contribution in [1.29, 1.82) is 5.26 Å². The van der Waals surface area contributed by atoms with Crippen molar-refractivity contribution in [1.82, 2.24) is 19.7 Å². The Morgan fingerprint density at radius 3 is 2.58 bits per heavy atom. The van der Waals surface area contributed by atoms with E-state index in [4.69, 9.17) is 5.73 Å². The smallest absolute Gasteiger partial charge is 0.211 e. The summed E-state index contributed by atoms with van der Waals surface area (Å²) in [6.07, 6.45) is 4.00. The van der Waals surface area contributed by atoms with Gasteiger partial charge in [0.15, 0.2) is 5.82 Å². The molecule has 0 bridgehead atoms. The van der Waals surface area contributed by atoms with Crippen molar-refractivity contribution >= 4 is 5.78 Å². The predicted octanol–water partition coefficient (Wildman–Crippen LogP) is 2.00. The number of carbonyl (C=O) groups is 1. The Balaban J connectivity index is 2.13. The number of ketones is 1. The molecular formula is C19H18N6O. The standard InChI is InChI=1S/C19H18N6O/c1-3-14-7-17(25(2)24-14)18(26)16-6-12(8-20)4-5-15(16)19-22-10-13(9-21)11-23-19/h4-7,10-11H,3,9,21H2,1-2H3. The summed E-state index contributed by atoms with van der Waals surface area (Å²) in [6, 6.07) is 8.74. The topological polar surface area (TPSA) is 110 Å². The summed E-state index contributed by atoms with van der Waals surface area (Å²) in [7, 11) is 1.73. The largest absolute Gasteiger partial charge is 0.326 e. The van der Waals surface area contributed by atoms with Crippen LogP contribution >= 0.6 is 0 Å². The summed E-state index contributed by atoms with van der Waals surface area (Å²) >= 11 is 0. The van der Waals surface area contributed by atoms with Crippen molar-refractivity contribution < 1.29 is 4.79 Å². The molecule has 7 heteroatoms. The van der Waals surface area contributed by atoms with E-state index in [-0.39, 0.29) is 5.78 Å². The van der Waals surface area contributed by atoms with Crippen LogP contribution in [0.4, 0.5) is 0 Å². The molecule has 0 saturated heterocycles. The minimum atomic E-state index is -0.224. The van der Waals surface area contributed by atoms with Gasteiger partial charge in [0, 0.05) is 42.7 Å². The molecule has 0 spiro atoms. The summed E-state index contributed by atoms with van der Waals surface area (Å²) in [6.45, 7) is 2.32.